The summed E-state index contributed by atoms with van der Waals surface area (Å²) in [6.07, 6.45) is 6.65. The van der Waals surface area contributed by atoms with Crippen molar-refractivity contribution in [1.29, 1.82) is 0 Å². The Morgan fingerprint density at radius 3 is 2.30 bits per heavy atom. The van der Waals surface area contributed by atoms with Gasteiger partial charge in [0.25, 0.3) is 10.0 Å². The molecule has 0 radical (unpaired) electrons. The molecule has 1 fully saturated rings. The largest absolute Gasteiger partial charge is 0.355 e. The van der Waals surface area contributed by atoms with Crippen molar-refractivity contribution in [1.82, 2.24) is 10.2 Å². The van der Waals surface area contributed by atoms with Gasteiger partial charge in [-0.1, -0.05) is 25.1 Å². The first-order chi connectivity index (χ1) is 16.0. The number of nitrogens with zero attached hydrogens (tertiary/aromatic N) is 3. The molecular weight excluding hydrogens is 432 g/mol. The Morgan fingerprint density at radius 1 is 0.879 bits per heavy atom. The highest BCUT2D eigenvalue weighted by molar-refractivity contribution is 7.92. The zero-order valence-corrected chi connectivity index (χ0v) is 19.8. The number of anilines is 2. The summed E-state index contributed by atoms with van der Waals surface area (Å²) in [7, 11) is -3.63. The predicted octanol–water partition coefficient (Wildman–Crippen LogP) is 5.06. The molecule has 2 aromatic carbocycles. The Labute approximate surface area is 196 Å². The molecule has 1 N–H and O–H groups in total. The van der Waals surface area contributed by atoms with E-state index in [0.29, 0.717) is 10.6 Å². The van der Waals surface area contributed by atoms with Gasteiger partial charge in [-0.05, 0) is 92.0 Å². The SMILES string of the molecule is CC1CCN(c2ccc(-c3ccc(NS(=O)(=O)c4ccc5c(c4)CCCC5)cc3)nn2)CC1. The van der Waals surface area contributed by atoms with Crippen LogP contribution in [0.3, 0.4) is 0 Å². The number of rotatable bonds is 5. The van der Waals surface area contributed by atoms with Crippen molar-refractivity contribution in [3.05, 3.63) is 65.7 Å². The molecule has 33 heavy (non-hydrogen) atoms. The number of sulfonamides is 1. The van der Waals surface area contributed by atoms with Crippen molar-refractivity contribution in [3.8, 4) is 11.3 Å². The van der Waals surface area contributed by atoms with Crippen LogP contribution in [0.4, 0.5) is 11.5 Å². The molecule has 7 heteroatoms. The van der Waals surface area contributed by atoms with Crippen LogP contribution in [0.15, 0.2) is 59.5 Å². The highest BCUT2D eigenvalue weighted by Gasteiger charge is 2.19. The van der Waals surface area contributed by atoms with Crippen LogP contribution >= 0.6 is 0 Å². The molecule has 2 heterocycles. The monoisotopic (exact) mass is 462 g/mol. The molecule has 2 aliphatic rings. The number of benzene rings is 2. The minimum absolute atomic E-state index is 0.320. The lowest BCUT2D eigenvalue weighted by Crippen LogP contribution is -2.33. The molecule has 6 nitrogen and oxygen atoms in total. The van der Waals surface area contributed by atoms with Crippen molar-refractivity contribution in [2.24, 2.45) is 5.92 Å². The van der Waals surface area contributed by atoms with E-state index < -0.39 is 10.0 Å². The van der Waals surface area contributed by atoms with Gasteiger partial charge in [-0.25, -0.2) is 8.42 Å². The molecular formula is C26H30N4O2S. The fourth-order valence-electron chi connectivity index (χ4n) is 4.69. The van der Waals surface area contributed by atoms with Gasteiger partial charge in [0.1, 0.15) is 0 Å². The van der Waals surface area contributed by atoms with E-state index in [0.717, 1.165) is 60.9 Å². The summed E-state index contributed by atoms with van der Waals surface area (Å²) in [5.41, 5.74) is 4.63. The third-order valence-electron chi connectivity index (χ3n) is 6.82. The third kappa shape index (κ3) is 4.88. The Hall–Kier alpha value is -2.93. The van der Waals surface area contributed by atoms with Gasteiger partial charge < -0.3 is 4.90 Å². The average molecular weight is 463 g/mol. The van der Waals surface area contributed by atoms with Crippen LogP contribution in [-0.4, -0.2) is 31.7 Å². The van der Waals surface area contributed by atoms with Crippen molar-refractivity contribution in [2.45, 2.75) is 50.3 Å². The molecule has 3 aromatic rings. The molecule has 0 spiro atoms. The lowest BCUT2D eigenvalue weighted by Gasteiger charge is -2.30. The molecule has 172 valence electrons. The van der Waals surface area contributed by atoms with E-state index in [-0.39, 0.29) is 0 Å². The second-order valence-electron chi connectivity index (χ2n) is 9.27. The van der Waals surface area contributed by atoms with E-state index in [1.165, 1.54) is 24.8 Å². The lowest BCUT2D eigenvalue weighted by molar-refractivity contribution is 0.436. The summed E-state index contributed by atoms with van der Waals surface area (Å²) in [6.45, 7) is 4.34. The van der Waals surface area contributed by atoms with Gasteiger partial charge in [0.15, 0.2) is 5.82 Å². The van der Waals surface area contributed by atoms with Gasteiger partial charge in [-0.2, -0.15) is 0 Å². The van der Waals surface area contributed by atoms with Crippen LogP contribution in [0.2, 0.25) is 0 Å². The molecule has 1 aliphatic carbocycles. The van der Waals surface area contributed by atoms with Gasteiger partial charge >= 0.3 is 0 Å². The van der Waals surface area contributed by atoms with Gasteiger partial charge in [0.05, 0.1) is 10.6 Å². The van der Waals surface area contributed by atoms with Gasteiger partial charge in [0.2, 0.25) is 0 Å². The molecule has 5 rings (SSSR count). The van der Waals surface area contributed by atoms with E-state index in [1.54, 1.807) is 18.2 Å². The zero-order valence-electron chi connectivity index (χ0n) is 19.0. The summed E-state index contributed by atoms with van der Waals surface area (Å²) in [4.78, 5) is 2.61. The summed E-state index contributed by atoms with van der Waals surface area (Å²) >= 11 is 0. The fraction of sp³-hybridized carbons (Fsp3) is 0.385. The van der Waals surface area contributed by atoms with Gasteiger partial charge in [-0.3, -0.25) is 4.72 Å². The zero-order chi connectivity index (χ0) is 22.8. The van der Waals surface area contributed by atoms with Crippen molar-refractivity contribution in [3.63, 3.8) is 0 Å². The Balaban J connectivity index is 1.27. The van der Waals surface area contributed by atoms with E-state index in [1.807, 2.05) is 36.4 Å². The van der Waals surface area contributed by atoms with Crippen LogP contribution in [0.25, 0.3) is 11.3 Å². The average Bonchev–Trinajstić information content (AvgIpc) is 2.85. The topological polar surface area (TPSA) is 75.2 Å². The van der Waals surface area contributed by atoms with Crippen molar-refractivity contribution in [2.75, 3.05) is 22.7 Å². The molecule has 0 unspecified atom stereocenters. The van der Waals surface area contributed by atoms with Crippen LogP contribution in [0.5, 0.6) is 0 Å². The maximum Gasteiger partial charge on any atom is 0.261 e. The molecule has 0 bridgehead atoms. The fourth-order valence-corrected chi connectivity index (χ4v) is 5.79. The minimum atomic E-state index is -3.63. The second-order valence-corrected chi connectivity index (χ2v) is 10.9. The number of hydrogen-bond donors (Lipinski definition) is 1. The minimum Gasteiger partial charge on any atom is -0.355 e. The lowest BCUT2D eigenvalue weighted by atomic mass is 9.92. The predicted molar refractivity (Wildman–Crippen MR) is 132 cm³/mol. The number of aromatic nitrogens is 2. The van der Waals surface area contributed by atoms with E-state index in [9.17, 15) is 8.42 Å². The van der Waals surface area contributed by atoms with Crippen LogP contribution in [0, 0.1) is 5.92 Å². The number of hydrogen-bond acceptors (Lipinski definition) is 5. The number of fused-ring (bicyclic) bond motifs is 1. The maximum atomic E-state index is 12.9. The molecule has 1 aromatic heterocycles. The third-order valence-corrected chi connectivity index (χ3v) is 8.20. The normalized spacial score (nSPS) is 16.9. The summed E-state index contributed by atoms with van der Waals surface area (Å²) in [5, 5.41) is 8.83. The van der Waals surface area contributed by atoms with E-state index in [4.69, 9.17) is 0 Å². The van der Waals surface area contributed by atoms with E-state index in [2.05, 4.69) is 26.7 Å². The first-order valence-electron chi connectivity index (χ1n) is 11.8. The highest BCUT2D eigenvalue weighted by atomic mass is 32.2. The Kier molecular flexibility index (Phi) is 6.06. The standard InChI is InChI=1S/C26H30N4O2S/c1-19-14-16-30(17-15-19)26-13-12-25(27-28-26)21-6-9-23(10-7-21)29-33(31,32)24-11-8-20-4-2-3-5-22(20)18-24/h6-13,18-19,29H,2-5,14-17H2,1H3. The molecule has 1 saturated heterocycles. The first kappa shape index (κ1) is 21.9. The van der Waals surface area contributed by atoms with Gasteiger partial charge in [0, 0.05) is 24.3 Å². The summed E-state index contributed by atoms with van der Waals surface area (Å²) in [5.74, 6) is 1.69. The quantitative estimate of drug-likeness (QED) is 0.574. The van der Waals surface area contributed by atoms with Crippen molar-refractivity contribution < 1.29 is 8.42 Å². The van der Waals surface area contributed by atoms with Crippen LogP contribution < -0.4 is 9.62 Å². The molecule has 0 amide bonds. The maximum absolute atomic E-state index is 12.9. The smallest absolute Gasteiger partial charge is 0.261 e. The van der Waals surface area contributed by atoms with Crippen LogP contribution in [0.1, 0.15) is 43.7 Å². The second kappa shape index (κ2) is 9.14. The van der Waals surface area contributed by atoms with Crippen LogP contribution in [-0.2, 0) is 22.9 Å². The Morgan fingerprint density at radius 2 is 1.61 bits per heavy atom. The highest BCUT2D eigenvalue weighted by Crippen LogP contribution is 2.27. The number of piperidine rings is 1. The molecule has 0 saturated carbocycles. The number of nitrogens with one attached hydrogen (secondary N) is 1. The summed E-state index contributed by atoms with van der Waals surface area (Å²) < 4.78 is 28.5. The van der Waals surface area contributed by atoms with Crippen molar-refractivity contribution >= 4 is 21.5 Å². The Bertz CT molecular complexity index is 1220. The summed E-state index contributed by atoms with van der Waals surface area (Å²) in [6, 6.07) is 16.8. The van der Waals surface area contributed by atoms with E-state index >= 15 is 0 Å². The molecule has 1 aliphatic heterocycles. The number of aryl methyl sites for hydroxylation is 2. The van der Waals surface area contributed by atoms with Gasteiger partial charge in [-0.15, -0.1) is 10.2 Å². The first-order valence-corrected chi connectivity index (χ1v) is 13.3. The molecule has 0 atom stereocenters.